The van der Waals surface area contributed by atoms with Gasteiger partial charge in [0, 0.05) is 18.9 Å². The third-order valence-electron chi connectivity index (χ3n) is 3.18. The number of thiazole rings is 1. The number of fused-ring (bicyclic) bond motifs is 1. The Labute approximate surface area is 129 Å². The molecule has 0 amide bonds. The second-order valence-corrected chi connectivity index (χ2v) is 6.52. The van der Waals surface area contributed by atoms with Gasteiger partial charge in [0.05, 0.1) is 10.4 Å². The monoisotopic (exact) mass is 321 g/mol. The Bertz CT molecular complexity index is 791. The Morgan fingerprint density at radius 2 is 2.24 bits per heavy atom. The van der Waals surface area contributed by atoms with E-state index in [-0.39, 0.29) is 10.8 Å². The van der Waals surface area contributed by atoms with Gasteiger partial charge in [-0.2, -0.15) is 0 Å². The van der Waals surface area contributed by atoms with Crippen LogP contribution in [-0.2, 0) is 6.54 Å². The Balaban J connectivity index is 1.51. The molecule has 0 atom stereocenters. The van der Waals surface area contributed by atoms with Crippen LogP contribution >= 0.6 is 23.1 Å². The SMILES string of the molecule is O=c1scc(O)n1CCCCSc1cccc2nccn12. The van der Waals surface area contributed by atoms with Crippen molar-refractivity contribution in [1.82, 2.24) is 14.0 Å². The van der Waals surface area contributed by atoms with Gasteiger partial charge in [-0.3, -0.25) is 13.8 Å². The van der Waals surface area contributed by atoms with E-state index >= 15 is 0 Å². The second-order valence-electron chi connectivity index (χ2n) is 4.59. The maximum absolute atomic E-state index is 11.4. The van der Waals surface area contributed by atoms with Crippen LogP contribution in [-0.4, -0.2) is 24.8 Å². The fourth-order valence-electron chi connectivity index (χ4n) is 2.12. The van der Waals surface area contributed by atoms with Crippen molar-refractivity contribution >= 4 is 28.7 Å². The summed E-state index contributed by atoms with van der Waals surface area (Å²) in [6.45, 7) is 0.573. The van der Waals surface area contributed by atoms with Crippen LogP contribution in [0.1, 0.15) is 12.8 Å². The molecule has 3 aromatic rings. The van der Waals surface area contributed by atoms with Gasteiger partial charge < -0.3 is 5.11 Å². The molecule has 0 bridgehead atoms. The predicted molar refractivity (Wildman–Crippen MR) is 85.4 cm³/mol. The van der Waals surface area contributed by atoms with Crippen molar-refractivity contribution in [3.05, 3.63) is 45.6 Å². The van der Waals surface area contributed by atoms with Gasteiger partial charge in [0.25, 0.3) is 0 Å². The van der Waals surface area contributed by atoms with Crippen molar-refractivity contribution in [2.75, 3.05) is 5.75 Å². The van der Waals surface area contributed by atoms with Gasteiger partial charge in [-0.1, -0.05) is 17.4 Å². The molecule has 0 aromatic carbocycles. The first-order valence-corrected chi connectivity index (χ1v) is 8.54. The van der Waals surface area contributed by atoms with E-state index in [0.29, 0.717) is 6.54 Å². The summed E-state index contributed by atoms with van der Waals surface area (Å²) in [5, 5.41) is 12.2. The molecule has 0 saturated carbocycles. The van der Waals surface area contributed by atoms with Gasteiger partial charge in [0.2, 0.25) is 5.88 Å². The number of hydrogen-bond donors (Lipinski definition) is 1. The van der Waals surface area contributed by atoms with Crippen LogP contribution in [0, 0.1) is 0 Å². The average Bonchev–Trinajstić information content (AvgIpc) is 3.08. The standard InChI is InChI=1S/C14H15N3O2S2/c18-12-10-21-14(19)17(12)7-1-2-9-20-13-5-3-4-11-15-6-8-16(11)13/h3-6,8,10,18H,1-2,7,9H2. The highest BCUT2D eigenvalue weighted by atomic mass is 32.2. The maximum Gasteiger partial charge on any atom is 0.309 e. The van der Waals surface area contributed by atoms with Crippen LogP contribution in [0.15, 0.2) is 45.8 Å². The summed E-state index contributed by atoms with van der Waals surface area (Å²) in [5.41, 5.74) is 0.953. The Morgan fingerprint density at radius 1 is 1.33 bits per heavy atom. The predicted octanol–water partition coefficient (Wildman–Crippen LogP) is 2.84. The molecular formula is C14H15N3O2S2. The van der Waals surface area contributed by atoms with Crippen molar-refractivity contribution in [2.45, 2.75) is 24.4 Å². The number of unbranched alkanes of at least 4 members (excludes halogenated alkanes) is 1. The number of nitrogens with zero attached hydrogens (tertiary/aromatic N) is 3. The minimum Gasteiger partial charge on any atom is -0.494 e. The summed E-state index contributed by atoms with van der Waals surface area (Å²) in [6, 6.07) is 6.07. The van der Waals surface area contributed by atoms with Crippen molar-refractivity contribution in [3.8, 4) is 5.88 Å². The van der Waals surface area contributed by atoms with Crippen LogP contribution < -0.4 is 4.87 Å². The van der Waals surface area contributed by atoms with Crippen LogP contribution in [0.25, 0.3) is 5.65 Å². The molecule has 3 aromatic heterocycles. The highest BCUT2D eigenvalue weighted by Crippen LogP contribution is 2.20. The lowest BCUT2D eigenvalue weighted by molar-refractivity contribution is 0.409. The van der Waals surface area contributed by atoms with E-state index in [2.05, 4.69) is 15.5 Å². The lowest BCUT2D eigenvalue weighted by Gasteiger charge is -2.05. The molecule has 0 aliphatic heterocycles. The number of rotatable bonds is 6. The third kappa shape index (κ3) is 3.14. The summed E-state index contributed by atoms with van der Waals surface area (Å²) in [7, 11) is 0. The number of imidazole rings is 1. The number of hydrogen-bond acceptors (Lipinski definition) is 5. The zero-order valence-electron chi connectivity index (χ0n) is 11.3. The van der Waals surface area contributed by atoms with Crippen LogP contribution in [0.3, 0.4) is 0 Å². The average molecular weight is 321 g/mol. The van der Waals surface area contributed by atoms with E-state index < -0.39 is 0 Å². The Morgan fingerprint density at radius 3 is 3.05 bits per heavy atom. The molecule has 0 fully saturated rings. The molecule has 0 saturated heterocycles. The summed E-state index contributed by atoms with van der Waals surface area (Å²) >= 11 is 2.81. The molecule has 21 heavy (non-hydrogen) atoms. The van der Waals surface area contributed by atoms with Gasteiger partial charge in [-0.15, -0.1) is 11.8 Å². The molecule has 3 rings (SSSR count). The lowest BCUT2D eigenvalue weighted by Crippen LogP contribution is -2.12. The van der Waals surface area contributed by atoms with Crippen molar-refractivity contribution < 1.29 is 5.11 Å². The molecule has 5 nitrogen and oxygen atoms in total. The van der Waals surface area contributed by atoms with E-state index in [0.717, 1.165) is 35.6 Å². The van der Waals surface area contributed by atoms with E-state index in [9.17, 15) is 9.90 Å². The third-order valence-corrected chi connectivity index (χ3v) is 5.05. The minimum atomic E-state index is -0.0941. The number of aromatic hydroxyl groups is 1. The molecule has 0 aliphatic carbocycles. The van der Waals surface area contributed by atoms with Gasteiger partial charge >= 0.3 is 4.87 Å². The summed E-state index contributed by atoms with van der Waals surface area (Å²) in [4.78, 5) is 15.6. The fraction of sp³-hybridized carbons (Fsp3) is 0.286. The van der Waals surface area contributed by atoms with E-state index in [4.69, 9.17) is 0 Å². The Kier molecular flexibility index (Phi) is 4.31. The first kappa shape index (κ1) is 14.2. The largest absolute Gasteiger partial charge is 0.494 e. The zero-order valence-corrected chi connectivity index (χ0v) is 12.9. The molecule has 0 aliphatic rings. The molecule has 110 valence electrons. The summed E-state index contributed by atoms with van der Waals surface area (Å²) < 4.78 is 3.49. The number of thioether (sulfide) groups is 1. The summed E-state index contributed by atoms with van der Waals surface area (Å²) in [6.07, 6.45) is 5.61. The fourth-order valence-corrected chi connectivity index (χ4v) is 3.79. The highest BCUT2D eigenvalue weighted by Gasteiger charge is 2.05. The van der Waals surface area contributed by atoms with E-state index in [1.54, 1.807) is 18.0 Å². The molecule has 1 N–H and O–H groups in total. The van der Waals surface area contributed by atoms with Crippen LogP contribution in [0.5, 0.6) is 5.88 Å². The van der Waals surface area contributed by atoms with Crippen molar-refractivity contribution in [2.24, 2.45) is 0 Å². The smallest absolute Gasteiger partial charge is 0.309 e. The normalized spacial score (nSPS) is 11.2. The molecule has 0 radical (unpaired) electrons. The molecular weight excluding hydrogens is 306 g/mol. The molecule has 7 heteroatoms. The topological polar surface area (TPSA) is 59.5 Å². The number of aromatic nitrogens is 3. The first-order chi connectivity index (χ1) is 10.3. The minimum absolute atomic E-state index is 0.0702. The molecule has 3 heterocycles. The van der Waals surface area contributed by atoms with Gasteiger partial charge in [-0.25, -0.2) is 4.98 Å². The van der Waals surface area contributed by atoms with Gasteiger partial charge in [-0.05, 0) is 30.7 Å². The highest BCUT2D eigenvalue weighted by molar-refractivity contribution is 7.99. The maximum atomic E-state index is 11.4. The first-order valence-electron chi connectivity index (χ1n) is 6.68. The van der Waals surface area contributed by atoms with Crippen molar-refractivity contribution in [3.63, 3.8) is 0 Å². The van der Waals surface area contributed by atoms with Gasteiger partial charge in [0.1, 0.15) is 5.65 Å². The quantitative estimate of drug-likeness (QED) is 0.560. The van der Waals surface area contributed by atoms with Gasteiger partial charge in [0.15, 0.2) is 0 Å². The van der Waals surface area contributed by atoms with E-state index in [1.165, 1.54) is 15.0 Å². The van der Waals surface area contributed by atoms with Crippen LogP contribution in [0.4, 0.5) is 0 Å². The number of pyridine rings is 1. The molecule has 0 unspecified atom stereocenters. The Hall–Kier alpha value is -1.73. The molecule has 0 spiro atoms. The summed E-state index contributed by atoms with van der Waals surface area (Å²) in [5.74, 6) is 1.04. The second kappa shape index (κ2) is 6.36. The lowest BCUT2D eigenvalue weighted by atomic mass is 10.3. The zero-order chi connectivity index (χ0) is 14.7. The van der Waals surface area contributed by atoms with E-state index in [1.807, 2.05) is 18.3 Å². The van der Waals surface area contributed by atoms with Crippen molar-refractivity contribution in [1.29, 1.82) is 0 Å². The van der Waals surface area contributed by atoms with Crippen LogP contribution in [0.2, 0.25) is 0 Å².